The summed E-state index contributed by atoms with van der Waals surface area (Å²) in [6.07, 6.45) is 4.00. The number of aromatic hydroxyl groups is 1. The van der Waals surface area contributed by atoms with E-state index in [9.17, 15) is 14.7 Å². The third kappa shape index (κ3) is 5.44. The molecule has 1 N–H and O–H groups in total. The quantitative estimate of drug-likeness (QED) is 0.139. The van der Waals surface area contributed by atoms with Gasteiger partial charge < -0.3 is 5.11 Å². The third-order valence-electron chi connectivity index (χ3n) is 13.6. The van der Waals surface area contributed by atoms with E-state index in [4.69, 9.17) is 11.6 Å². The van der Waals surface area contributed by atoms with Crippen molar-refractivity contribution in [3.05, 3.63) is 155 Å². The highest BCUT2D eigenvalue weighted by molar-refractivity contribution is 6.32. The minimum absolute atomic E-state index is 0.0370. The number of benzene rings is 5. The van der Waals surface area contributed by atoms with Gasteiger partial charge in [-0.15, -0.1) is 0 Å². The number of allylic oxidation sites excluding steroid dienone is 2. The van der Waals surface area contributed by atoms with Crippen LogP contribution in [0.25, 0.3) is 10.8 Å². The van der Waals surface area contributed by atoms with Crippen molar-refractivity contribution in [2.75, 3.05) is 18.0 Å². The average molecular weight is 776 g/mol. The predicted molar refractivity (Wildman–Crippen MR) is 218 cm³/mol. The molecule has 57 heavy (non-hydrogen) atoms. The summed E-state index contributed by atoms with van der Waals surface area (Å²) in [7, 11) is 0. The van der Waals surface area contributed by atoms with Crippen molar-refractivity contribution in [2.45, 2.75) is 49.6 Å². The maximum absolute atomic E-state index is 15.6. The van der Waals surface area contributed by atoms with Crippen molar-refractivity contribution in [1.29, 1.82) is 0 Å². The highest BCUT2D eigenvalue weighted by Gasteiger charge is 2.70. The number of anilines is 1. The number of carbonyl (C=O) groups excluding carboxylic acids is 4. The summed E-state index contributed by atoms with van der Waals surface area (Å²) in [5.74, 6) is -4.51. The number of piperidine rings is 1. The number of halogens is 1. The summed E-state index contributed by atoms with van der Waals surface area (Å²) in [4.78, 5) is 65.2. The minimum atomic E-state index is -1.47. The number of likely N-dealkylation sites (tertiary alicyclic amines) is 2. The third-order valence-corrected chi connectivity index (χ3v) is 13.9. The number of carbonyl (C=O) groups is 4. The molecule has 4 fully saturated rings. The zero-order valence-electron chi connectivity index (χ0n) is 31.3. The van der Waals surface area contributed by atoms with Crippen LogP contribution >= 0.6 is 11.6 Å². The monoisotopic (exact) mass is 775 g/mol. The van der Waals surface area contributed by atoms with Gasteiger partial charge in [0.2, 0.25) is 23.6 Å². The summed E-state index contributed by atoms with van der Waals surface area (Å²) in [6.45, 7) is 2.38. The second-order valence-electron chi connectivity index (χ2n) is 16.4. The molecule has 6 unspecified atom stereocenters. The molecule has 0 radical (unpaired) electrons. The Morgan fingerprint density at radius 3 is 2.21 bits per heavy atom. The maximum Gasteiger partial charge on any atom is 0.246 e. The van der Waals surface area contributed by atoms with Crippen molar-refractivity contribution in [3.63, 3.8) is 0 Å². The Hall–Kier alpha value is -5.57. The van der Waals surface area contributed by atoms with Crippen LogP contribution in [-0.2, 0) is 31.1 Å². The van der Waals surface area contributed by atoms with Crippen LogP contribution in [0, 0.1) is 23.7 Å². The van der Waals surface area contributed by atoms with Crippen LogP contribution in [0.4, 0.5) is 5.69 Å². The molecule has 5 aromatic carbocycles. The SMILES string of the molecule is O=C1C2CC3C(=CCC4C(=O)N(C5CCN(Cc6ccccc6)CC5)C(=O)C43)C(c3ccc4ccccc4c3O)C2(c2ccccc2)C(=O)N1c1cccc(Cl)c1. The largest absolute Gasteiger partial charge is 0.507 e. The molecule has 2 aliphatic carbocycles. The molecule has 8 nitrogen and oxygen atoms in total. The van der Waals surface area contributed by atoms with E-state index in [0.717, 1.165) is 30.6 Å². The number of phenolic OH excluding ortho intramolecular Hbond substituents is 1. The fourth-order valence-electron chi connectivity index (χ4n) is 11.2. The number of amides is 4. The van der Waals surface area contributed by atoms with Crippen molar-refractivity contribution >= 4 is 51.7 Å². The number of imide groups is 2. The van der Waals surface area contributed by atoms with Crippen molar-refractivity contribution in [1.82, 2.24) is 9.80 Å². The molecule has 6 atom stereocenters. The first-order valence-corrected chi connectivity index (χ1v) is 20.4. The fourth-order valence-corrected chi connectivity index (χ4v) is 11.3. The van der Waals surface area contributed by atoms with E-state index in [1.54, 1.807) is 29.2 Å². The summed E-state index contributed by atoms with van der Waals surface area (Å²) in [5, 5.41) is 14.1. The number of phenols is 1. The molecular formula is C48H42ClN3O5. The summed E-state index contributed by atoms with van der Waals surface area (Å²) in [5.41, 5.74) is 2.15. The van der Waals surface area contributed by atoms with Crippen LogP contribution in [-0.4, -0.2) is 57.7 Å². The van der Waals surface area contributed by atoms with Gasteiger partial charge in [-0.05, 0) is 66.3 Å². The molecule has 5 aromatic rings. The molecule has 286 valence electrons. The number of rotatable bonds is 6. The van der Waals surface area contributed by atoms with Gasteiger partial charge in [-0.25, -0.2) is 4.90 Å². The van der Waals surface area contributed by atoms with E-state index in [0.29, 0.717) is 46.5 Å². The molecule has 3 aliphatic heterocycles. The van der Waals surface area contributed by atoms with Gasteiger partial charge >= 0.3 is 0 Å². The lowest BCUT2D eigenvalue weighted by Gasteiger charge is -2.50. The zero-order chi connectivity index (χ0) is 39.0. The Labute approximate surface area is 336 Å². The van der Waals surface area contributed by atoms with Crippen molar-refractivity contribution < 1.29 is 24.3 Å². The lowest BCUT2D eigenvalue weighted by Crippen LogP contribution is -2.53. The van der Waals surface area contributed by atoms with E-state index in [1.807, 2.05) is 84.9 Å². The van der Waals surface area contributed by atoms with E-state index in [1.165, 1.54) is 10.5 Å². The molecular weight excluding hydrogens is 734 g/mol. The van der Waals surface area contributed by atoms with Gasteiger partial charge in [0.1, 0.15) is 5.75 Å². The fraction of sp³-hybridized carbons (Fsp3) is 0.292. The molecule has 9 heteroatoms. The van der Waals surface area contributed by atoms with Gasteiger partial charge in [-0.3, -0.25) is 29.0 Å². The van der Waals surface area contributed by atoms with Gasteiger partial charge in [0.05, 0.1) is 28.9 Å². The molecule has 4 amide bonds. The Balaban J connectivity index is 1.09. The Bertz CT molecular complexity index is 2480. The van der Waals surface area contributed by atoms with E-state index < -0.39 is 40.9 Å². The number of nitrogens with zero attached hydrogens (tertiary/aromatic N) is 3. The highest BCUT2D eigenvalue weighted by atomic mass is 35.5. The normalized spacial score (nSPS) is 27.7. The first kappa shape index (κ1) is 35.8. The van der Waals surface area contributed by atoms with E-state index >= 15 is 9.59 Å². The van der Waals surface area contributed by atoms with Gasteiger partial charge in [0.25, 0.3) is 0 Å². The van der Waals surface area contributed by atoms with Crippen LogP contribution < -0.4 is 4.90 Å². The Kier molecular flexibility index (Phi) is 8.68. The maximum atomic E-state index is 15.6. The van der Waals surface area contributed by atoms with E-state index in [2.05, 4.69) is 23.1 Å². The molecule has 3 heterocycles. The Morgan fingerprint density at radius 2 is 1.46 bits per heavy atom. The summed E-state index contributed by atoms with van der Waals surface area (Å²) < 4.78 is 0. The van der Waals surface area contributed by atoms with Crippen molar-refractivity contribution in [3.8, 4) is 5.75 Å². The predicted octanol–water partition coefficient (Wildman–Crippen LogP) is 8.03. The molecule has 0 bridgehead atoms. The van der Waals surface area contributed by atoms with Gasteiger partial charge in [0, 0.05) is 47.6 Å². The topological polar surface area (TPSA) is 98.2 Å². The standard InChI is InChI=1S/C48H42ClN3O5/c49-32-15-9-16-34(26-32)52-45(55)40-27-39-36(20-21-37-41(39)46(56)51(44(37)54)33-22-24-50(25-23-33)28-29-10-3-1-4-11-29)42(48(40,47(52)57)31-13-5-2-6-14-31)38-19-18-30-12-7-8-17-35(30)43(38)53/h1-20,26,33,37,39-42,53H,21-25,27-28H2. The number of fused-ring (bicyclic) bond motifs is 5. The molecule has 0 aromatic heterocycles. The number of hydrogen-bond acceptors (Lipinski definition) is 6. The second-order valence-corrected chi connectivity index (χ2v) is 16.8. The lowest BCUT2D eigenvalue weighted by atomic mass is 9.49. The first-order chi connectivity index (χ1) is 27.8. The van der Waals surface area contributed by atoms with Gasteiger partial charge in [0.15, 0.2) is 0 Å². The van der Waals surface area contributed by atoms with Gasteiger partial charge in [-0.2, -0.15) is 0 Å². The Morgan fingerprint density at radius 1 is 0.737 bits per heavy atom. The van der Waals surface area contributed by atoms with Crippen LogP contribution in [0.5, 0.6) is 5.75 Å². The molecule has 10 rings (SSSR count). The van der Waals surface area contributed by atoms with E-state index in [-0.39, 0.29) is 35.9 Å². The van der Waals surface area contributed by atoms with Crippen LogP contribution in [0.15, 0.2) is 133 Å². The van der Waals surface area contributed by atoms with Crippen molar-refractivity contribution in [2.24, 2.45) is 23.7 Å². The highest BCUT2D eigenvalue weighted by Crippen LogP contribution is 2.65. The summed E-state index contributed by atoms with van der Waals surface area (Å²) >= 11 is 6.47. The summed E-state index contributed by atoms with van der Waals surface area (Å²) in [6, 6.07) is 37.7. The second kappa shape index (κ2) is 13.8. The van der Waals surface area contributed by atoms with Crippen LogP contribution in [0.3, 0.4) is 0 Å². The zero-order valence-corrected chi connectivity index (χ0v) is 32.1. The molecule has 5 aliphatic rings. The number of hydrogen-bond donors (Lipinski definition) is 1. The lowest BCUT2D eigenvalue weighted by molar-refractivity contribution is -0.144. The average Bonchev–Trinajstić information content (AvgIpc) is 3.63. The van der Waals surface area contributed by atoms with Gasteiger partial charge in [-0.1, -0.05) is 126 Å². The van der Waals surface area contributed by atoms with Crippen LogP contribution in [0.1, 0.15) is 48.3 Å². The minimum Gasteiger partial charge on any atom is -0.507 e. The molecule has 1 saturated carbocycles. The first-order valence-electron chi connectivity index (χ1n) is 20.0. The molecule has 0 spiro atoms. The molecule has 3 saturated heterocycles. The smallest absolute Gasteiger partial charge is 0.246 e. The van der Waals surface area contributed by atoms with Crippen LogP contribution in [0.2, 0.25) is 5.02 Å².